The fourth-order valence-electron chi connectivity index (χ4n) is 1.69. The fraction of sp³-hybridized carbons (Fsp3) is 0.900. The minimum atomic E-state index is 0. The van der Waals surface area contributed by atoms with E-state index in [9.17, 15) is 4.79 Å². The third-order valence-electron chi connectivity index (χ3n) is 2.83. The van der Waals surface area contributed by atoms with Gasteiger partial charge in [0.15, 0.2) is 0 Å². The van der Waals surface area contributed by atoms with Crippen molar-refractivity contribution >= 4 is 18.4 Å². The van der Waals surface area contributed by atoms with E-state index < -0.39 is 0 Å². The van der Waals surface area contributed by atoms with Crippen molar-refractivity contribution in [2.24, 2.45) is 11.8 Å². The topological polar surface area (TPSA) is 38.3 Å². The molecule has 0 bridgehead atoms. The molecule has 1 heterocycles. The average molecular weight is 220 g/mol. The summed E-state index contributed by atoms with van der Waals surface area (Å²) in [6.07, 6.45) is 4.39. The van der Waals surface area contributed by atoms with Crippen molar-refractivity contribution in [2.75, 3.05) is 19.7 Å². The smallest absolute Gasteiger partial charge is 0.308 e. The highest BCUT2D eigenvalue weighted by Crippen LogP contribution is 2.30. The van der Waals surface area contributed by atoms with E-state index in [1.165, 1.54) is 0 Å². The Hall–Kier alpha value is -0.280. The zero-order valence-electron chi connectivity index (χ0n) is 8.33. The predicted molar refractivity (Wildman–Crippen MR) is 56.5 cm³/mol. The van der Waals surface area contributed by atoms with E-state index in [1.807, 2.05) is 0 Å². The molecule has 1 N–H and O–H groups in total. The molecule has 1 aliphatic heterocycles. The van der Waals surface area contributed by atoms with Gasteiger partial charge in [0, 0.05) is 0 Å². The summed E-state index contributed by atoms with van der Waals surface area (Å²) >= 11 is 0. The molecule has 1 aliphatic carbocycles. The van der Waals surface area contributed by atoms with Gasteiger partial charge in [0.1, 0.15) is 0 Å². The first kappa shape index (κ1) is 11.8. The molecule has 4 heteroatoms. The number of ether oxygens (including phenoxy) is 1. The molecule has 0 aromatic rings. The first-order valence-corrected chi connectivity index (χ1v) is 5.23. The van der Waals surface area contributed by atoms with Crippen molar-refractivity contribution in [3.8, 4) is 0 Å². The van der Waals surface area contributed by atoms with E-state index in [4.69, 9.17) is 4.74 Å². The summed E-state index contributed by atoms with van der Waals surface area (Å²) < 4.78 is 5.24. The minimum absolute atomic E-state index is 0. The molecule has 1 saturated heterocycles. The normalized spacial score (nSPS) is 22.6. The minimum Gasteiger partial charge on any atom is -0.465 e. The van der Waals surface area contributed by atoms with Gasteiger partial charge in [-0.25, -0.2) is 0 Å². The molecule has 14 heavy (non-hydrogen) atoms. The molecular weight excluding hydrogens is 202 g/mol. The van der Waals surface area contributed by atoms with Crippen LogP contribution in [0.3, 0.4) is 0 Å². The Balaban J connectivity index is 0.000000980. The Morgan fingerprint density at radius 2 is 1.86 bits per heavy atom. The number of carbonyl (C=O) groups is 1. The van der Waals surface area contributed by atoms with Gasteiger partial charge >= 0.3 is 5.97 Å². The van der Waals surface area contributed by atoms with Crippen LogP contribution in [0.25, 0.3) is 0 Å². The lowest BCUT2D eigenvalue weighted by molar-refractivity contribution is -0.146. The molecule has 1 saturated carbocycles. The highest BCUT2D eigenvalue weighted by atomic mass is 35.5. The van der Waals surface area contributed by atoms with E-state index in [0.29, 0.717) is 12.5 Å². The molecule has 2 fully saturated rings. The van der Waals surface area contributed by atoms with E-state index in [0.717, 1.165) is 38.8 Å². The first-order chi connectivity index (χ1) is 6.36. The molecule has 0 amide bonds. The van der Waals surface area contributed by atoms with Crippen LogP contribution in [0.1, 0.15) is 25.7 Å². The number of halogens is 1. The van der Waals surface area contributed by atoms with Gasteiger partial charge in [0.05, 0.1) is 12.5 Å². The second-order valence-corrected chi connectivity index (χ2v) is 4.10. The van der Waals surface area contributed by atoms with Crippen molar-refractivity contribution in [1.29, 1.82) is 0 Å². The predicted octanol–water partition coefficient (Wildman–Crippen LogP) is 1.36. The summed E-state index contributed by atoms with van der Waals surface area (Å²) in [6.45, 7) is 2.80. The number of hydrogen-bond acceptors (Lipinski definition) is 3. The molecule has 82 valence electrons. The third kappa shape index (κ3) is 3.46. The maximum absolute atomic E-state index is 11.2. The van der Waals surface area contributed by atoms with Crippen molar-refractivity contribution in [3.05, 3.63) is 0 Å². The van der Waals surface area contributed by atoms with E-state index in [2.05, 4.69) is 5.32 Å². The summed E-state index contributed by atoms with van der Waals surface area (Å²) in [5.41, 5.74) is 0. The van der Waals surface area contributed by atoms with E-state index >= 15 is 0 Å². The fourth-order valence-corrected chi connectivity index (χ4v) is 1.69. The molecule has 2 aliphatic rings. The van der Waals surface area contributed by atoms with E-state index in [-0.39, 0.29) is 24.3 Å². The first-order valence-electron chi connectivity index (χ1n) is 5.23. The second-order valence-electron chi connectivity index (χ2n) is 4.10. The van der Waals surface area contributed by atoms with E-state index in [1.54, 1.807) is 0 Å². The van der Waals surface area contributed by atoms with Gasteiger partial charge in [0.2, 0.25) is 0 Å². The number of nitrogens with one attached hydrogen (secondary N) is 1. The van der Waals surface area contributed by atoms with Crippen LogP contribution < -0.4 is 5.32 Å². The van der Waals surface area contributed by atoms with Gasteiger partial charge in [-0.05, 0) is 44.7 Å². The van der Waals surface area contributed by atoms with Crippen molar-refractivity contribution < 1.29 is 9.53 Å². The number of rotatable bonds is 3. The summed E-state index contributed by atoms with van der Waals surface area (Å²) in [6, 6.07) is 0. The van der Waals surface area contributed by atoms with Crippen LogP contribution in [0, 0.1) is 11.8 Å². The molecule has 0 aromatic carbocycles. The Kier molecular flexibility index (Phi) is 4.69. The van der Waals surface area contributed by atoms with Crippen molar-refractivity contribution in [1.82, 2.24) is 5.32 Å². The summed E-state index contributed by atoms with van der Waals surface area (Å²) in [4.78, 5) is 11.2. The van der Waals surface area contributed by atoms with Crippen LogP contribution in [0.5, 0.6) is 0 Å². The molecular formula is C10H18ClNO2. The molecule has 0 aromatic heterocycles. The number of carbonyl (C=O) groups excluding carboxylic acids is 1. The number of piperidine rings is 1. The summed E-state index contributed by atoms with van der Waals surface area (Å²) in [7, 11) is 0. The second kappa shape index (κ2) is 5.56. The van der Waals surface area contributed by atoms with Gasteiger partial charge in [-0.3, -0.25) is 4.79 Å². The molecule has 0 unspecified atom stereocenters. The standard InChI is InChI=1S/C10H17NO2.ClH/c12-10(9-1-2-9)13-7-8-3-5-11-6-4-8;/h8-9,11H,1-7H2;1H. The van der Waals surface area contributed by atoms with Gasteiger partial charge in [-0.15, -0.1) is 12.4 Å². The Morgan fingerprint density at radius 3 is 2.43 bits per heavy atom. The van der Waals surface area contributed by atoms with Gasteiger partial charge < -0.3 is 10.1 Å². The average Bonchev–Trinajstić information content (AvgIpc) is 2.99. The van der Waals surface area contributed by atoms with Crippen LogP contribution in [-0.2, 0) is 9.53 Å². The van der Waals surface area contributed by atoms with Gasteiger partial charge in [-0.1, -0.05) is 0 Å². The SMILES string of the molecule is Cl.O=C(OCC1CCNCC1)C1CC1. The highest BCUT2D eigenvalue weighted by Gasteiger charge is 2.31. The maximum Gasteiger partial charge on any atom is 0.308 e. The zero-order chi connectivity index (χ0) is 9.10. The van der Waals surface area contributed by atoms with Gasteiger partial charge in [0.25, 0.3) is 0 Å². The molecule has 3 nitrogen and oxygen atoms in total. The largest absolute Gasteiger partial charge is 0.465 e. The zero-order valence-corrected chi connectivity index (χ0v) is 9.15. The van der Waals surface area contributed by atoms with Crippen LogP contribution >= 0.6 is 12.4 Å². The van der Waals surface area contributed by atoms with Crippen LogP contribution in [0.2, 0.25) is 0 Å². The van der Waals surface area contributed by atoms with Crippen LogP contribution in [-0.4, -0.2) is 25.7 Å². The molecule has 0 atom stereocenters. The lowest BCUT2D eigenvalue weighted by atomic mass is 9.99. The number of esters is 1. The Labute approximate surface area is 91.0 Å². The Bertz CT molecular complexity index is 189. The van der Waals surface area contributed by atoms with Crippen molar-refractivity contribution in [2.45, 2.75) is 25.7 Å². The monoisotopic (exact) mass is 219 g/mol. The molecule has 0 radical (unpaired) electrons. The van der Waals surface area contributed by atoms with Crippen LogP contribution in [0.15, 0.2) is 0 Å². The maximum atomic E-state index is 11.2. The quantitative estimate of drug-likeness (QED) is 0.729. The molecule has 2 rings (SSSR count). The van der Waals surface area contributed by atoms with Gasteiger partial charge in [-0.2, -0.15) is 0 Å². The van der Waals surface area contributed by atoms with Crippen molar-refractivity contribution in [3.63, 3.8) is 0 Å². The van der Waals surface area contributed by atoms with Crippen LogP contribution in [0.4, 0.5) is 0 Å². The summed E-state index contributed by atoms with van der Waals surface area (Å²) in [5.74, 6) is 0.893. The highest BCUT2D eigenvalue weighted by molar-refractivity contribution is 5.85. The number of hydrogen-bond donors (Lipinski definition) is 1. The molecule has 0 spiro atoms. The summed E-state index contributed by atoms with van der Waals surface area (Å²) in [5, 5.41) is 3.30. The Morgan fingerprint density at radius 1 is 1.21 bits per heavy atom. The lowest BCUT2D eigenvalue weighted by Gasteiger charge is -2.21. The lowest BCUT2D eigenvalue weighted by Crippen LogP contribution is -2.30. The third-order valence-corrected chi connectivity index (χ3v) is 2.83.